The molecule has 26 heavy (non-hydrogen) atoms. The van der Waals surface area contributed by atoms with Gasteiger partial charge in [0, 0.05) is 0 Å². The standard InChI is InChI=1S/C16H10N6.2C2H6/c1-2-6-10-9(5-1)17-13-14(18-10)22-16-15(21-13)19-11-7-3-4-8-12(11)20-16;2*1-2/h1-8H,(H,17,19,21)(H,18,20,22);2*1-2H3. The molecule has 0 saturated heterocycles. The van der Waals surface area contributed by atoms with E-state index in [9.17, 15) is 0 Å². The second-order valence-electron chi connectivity index (χ2n) is 5.08. The van der Waals surface area contributed by atoms with E-state index in [0.717, 1.165) is 22.4 Å². The number of hydrogen-bond acceptors (Lipinski definition) is 6. The average Bonchev–Trinajstić information content (AvgIpc) is 2.72. The molecule has 4 aromatic rings. The van der Waals surface area contributed by atoms with Crippen LogP contribution >= 0.6 is 0 Å². The molecular weight excluding hydrogens is 324 g/mol. The zero-order valence-electron chi connectivity index (χ0n) is 15.4. The van der Waals surface area contributed by atoms with Gasteiger partial charge < -0.3 is 10.6 Å². The van der Waals surface area contributed by atoms with Crippen molar-refractivity contribution in [1.82, 2.24) is 19.9 Å². The van der Waals surface area contributed by atoms with Gasteiger partial charge in [0.25, 0.3) is 0 Å². The summed E-state index contributed by atoms with van der Waals surface area (Å²) in [7, 11) is 0. The number of nitrogens with zero attached hydrogens (tertiary/aromatic N) is 4. The molecule has 1 aliphatic heterocycles. The number of aromatic nitrogens is 4. The van der Waals surface area contributed by atoms with E-state index in [2.05, 4.69) is 30.6 Å². The van der Waals surface area contributed by atoms with Gasteiger partial charge in [-0.15, -0.1) is 0 Å². The van der Waals surface area contributed by atoms with Crippen LogP contribution in [-0.2, 0) is 0 Å². The van der Waals surface area contributed by atoms with Gasteiger partial charge in [0.1, 0.15) is 0 Å². The first kappa shape index (κ1) is 17.5. The zero-order chi connectivity index (χ0) is 18.5. The number of fused-ring (bicyclic) bond motifs is 4. The topological polar surface area (TPSA) is 75.6 Å². The van der Waals surface area contributed by atoms with Gasteiger partial charge in [-0.25, -0.2) is 19.9 Å². The third-order valence-electron chi connectivity index (χ3n) is 3.63. The molecule has 0 spiro atoms. The highest BCUT2D eigenvalue weighted by molar-refractivity contribution is 5.90. The van der Waals surface area contributed by atoms with Gasteiger partial charge >= 0.3 is 0 Å². The normalized spacial score (nSPS) is 10.9. The molecule has 6 heteroatoms. The molecule has 0 amide bonds. The predicted octanol–water partition coefficient (Wildman–Crippen LogP) is 5.43. The lowest BCUT2D eigenvalue weighted by Crippen LogP contribution is -2.10. The first-order valence-corrected chi connectivity index (χ1v) is 8.94. The van der Waals surface area contributed by atoms with E-state index in [1.54, 1.807) is 0 Å². The number of nitrogens with one attached hydrogen (secondary N) is 2. The van der Waals surface area contributed by atoms with Crippen LogP contribution in [0.1, 0.15) is 27.7 Å². The Kier molecular flexibility index (Phi) is 5.22. The molecule has 2 aromatic heterocycles. The van der Waals surface area contributed by atoms with Crippen LogP contribution in [-0.4, -0.2) is 19.9 Å². The summed E-state index contributed by atoms with van der Waals surface area (Å²) in [5, 5.41) is 6.55. The van der Waals surface area contributed by atoms with E-state index in [-0.39, 0.29) is 0 Å². The smallest absolute Gasteiger partial charge is 0.200 e. The molecule has 2 N–H and O–H groups in total. The van der Waals surface area contributed by atoms with E-state index in [1.807, 2.05) is 76.2 Å². The lowest BCUT2D eigenvalue weighted by molar-refractivity contribution is 1.18. The maximum Gasteiger partial charge on any atom is 0.200 e. The van der Waals surface area contributed by atoms with Crippen molar-refractivity contribution >= 4 is 45.3 Å². The Bertz CT molecular complexity index is 962. The summed E-state index contributed by atoms with van der Waals surface area (Å²) in [5.41, 5.74) is 4.63. The summed E-state index contributed by atoms with van der Waals surface area (Å²) in [5.74, 6) is 1.33. The second kappa shape index (κ2) is 7.74. The third kappa shape index (κ3) is 3.13. The summed E-state index contributed by atoms with van der Waals surface area (Å²) in [6.07, 6.45) is 0. The molecule has 5 rings (SSSR count). The van der Waals surface area contributed by atoms with E-state index in [4.69, 9.17) is 0 Å². The van der Waals surface area contributed by atoms with Crippen molar-refractivity contribution in [3.8, 4) is 0 Å². The monoisotopic (exact) mass is 346 g/mol. The van der Waals surface area contributed by atoms with Crippen molar-refractivity contribution in [2.24, 2.45) is 0 Å². The summed E-state index contributed by atoms with van der Waals surface area (Å²) in [6.45, 7) is 8.00. The van der Waals surface area contributed by atoms with E-state index < -0.39 is 0 Å². The summed E-state index contributed by atoms with van der Waals surface area (Å²) >= 11 is 0. The molecule has 0 saturated carbocycles. The number of hydrogen-bond donors (Lipinski definition) is 2. The largest absolute Gasteiger partial charge is 0.335 e. The molecule has 0 unspecified atom stereocenters. The third-order valence-corrected chi connectivity index (χ3v) is 3.63. The van der Waals surface area contributed by atoms with Crippen molar-refractivity contribution in [1.29, 1.82) is 0 Å². The van der Waals surface area contributed by atoms with Crippen LogP contribution in [0.5, 0.6) is 0 Å². The van der Waals surface area contributed by atoms with Gasteiger partial charge in [0.15, 0.2) is 11.6 Å². The van der Waals surface area contributed by atoms with Gasteiger partial charge in [0.05, 0.1) is 22.4 Å². The fraction of sp³-hybridized carbons (Fsp3) is 0.200. The van der Waals surface area contributed by atoms with Gasteiger partial charge in [-0.1, -0.05) is 52.0 Å². The zero-order valence-corrected chi connectivity index (χ0v) is 15.4. The molecule has 0 aliphatic carbocycles. The highest BCUT2D eigenvalue weighted by Gasteiger charge is 2.18. The molecule has 0 radical (unpaired) electrons. The van der Waals surface area contributed by atoms with Crippen LogP contribution in [0, 0.1) is 0 Å². The van der Waals surface area contributed by atoms with Gasteiger partial charge in [-0.2, -0.15) is 0 Å². The Balaban J connectivity index is 0.000000461. The van der Waals surface area contributed by atoms with Crippen LogP contribution in [0.4, 0.5) is 23.0 Å². The minimum atomic E-state index is 0.533. The number of rotatable bonds is 0. The minimum absolute atomic E-state index is 0.533. The molecule has 6 nitrogen and oxygen atoms in total. The number of anilines is 4. The summed E-state index contributed by atoms with van der Waals surface area (Å²) < 4.78 is 0. The van der Waals surface area contributed by atoms with Crippen molar-refractivity contribution in [2.45, 2.75) is 27.7 Å². The van der Waals surface area contributed by atoms with Gasteiger partial charge in [-0.05, 0) is 24.3 Å². The average molecular weight is 346 g/mol. The van der Waals surface area contributed by atoms with Crippen LogP contribution in [0.3, 0.4) is 0 Å². The molecule has 0 fully saturated rings. The number of para-hydroxylation sites is 4. The molecule has 0 atom stereocenters. The first-order chi connectivity index (χ1) is 12.9. The van der Waals surface area contributed by atoms with Crippen LogP contribution < -0.4 is 10.6 Å². The molecule has 1 aliphatic rings. The molecular formula is C20H22N6. The number of benzene rings is 2. The fourth-order valence-corrected chi connectivity index (χ4v) is 2.58. The molecule has 132 valence electrons. The van der Waals surface area contributed by atoms with Crippen LogP contribution in [0.2, 0.25) is 0 Å². The molecule has 3 heterocycles. The fourth-order valence-electron chi connectivity index (χ4n) is 2.58. The van der Waals surface area contributed by atoms with E-state index >= 15 is 0 Å². The van der Waals surface area contributed by atoms with Crippen molar-refractivity contribution in [2.75, 3.05) is 10.6 Å². The maximum absolute atomic E-state index is 4.56. The Morgan fingerprint density at radius 2 is 0.923 bits per heavy atom. The SMILES string of the molecule is CC.CC.c1ccc2c(c1)Nc1nc3nc4ccccc4nc3nc1N2. The highest BCUT2D eigenvalue weighted by atomic mass is 15.2. The maximum atomic E-state index is 4.56. The molecule has 0 bridgehead atoms. The van der Waals surface area contributed by atoms with Crippen molar-refractivity contribution in [3.63, 3.8) is 0 Å². The van der Waals surface area contributed by atoms with Crippen LogP contribution in [0.25, 0.3) is 22.3 Å². The predicted molar refractivity (Wildman–Crippen MR) is 108 cm³/mol. The Morgan fingerprint density at radius 1 is 0.538 bits per heavy atom. The quantitative estimate of drug-likeness (QED) is 0.364. The molecule has 2 aromatic carbocycles. The minimum Gasteiger partial charge on any atom is -0.335 e. The highest BCUT2D eigenvalue weighted by Crippen LogP contribution is 2.36. The van der Waals surface area contributed by atoms with Crippen LogP contribution in [0.15, 0.2) is 48.5 Å². The summed E-state index contributed by atoms with van der Waals surface area (Å²) in [4.78, 5) is 18.2. The summed E-state index contributed by atoms with van der Waals surface area (Å²) in [6, 6.07) is 15.6. The Morgan fingerprint density at radius 3 is 1.35 bits per heavy atom. The van der Waals surface area contributed by atoms with Crippen molar-refractivity contribution < 1.29 is 0 Å². The second-order valence-corrected chi connectivity index (χ2v) is 5.08. The Labute approximate surface area is 152 Å². The lowest BCUT2D eigenvalue weighted by Gasteiger charge is -2.20. The van der Waals surface area contributed by atoms with Gasteiger partial charge in [0.2, 0.25) is 11.3 Å². The van der Waals surface area contributed by atoms with E-state index in [0.29, 0.717) is 22.9 Å². The first-order valence-electron chi connectivity index (χ1n) is 8.94. The Hall–Kier alpha value is -3.28. The lowest BCUT2D eigenvalue weighted by atomic mass is 10.2. The van der Waals surface area contributed by atoms with E-state index in [1.165, 1.54) is 0 Å². The van der Waals surface area contributed by atoms with Crippen molar-refractivity contribution in [3.05, 3.63) is 48.5 Å². The van der Waals surface area contributed by atoms with Gasteiger partial charge in [-0.3, -0.25) is 0 Å².